The smallest absolute Gasteiger partial charge is 0.333 e. The molecule has 12 nitrogen and oxygen atoms in total. The summed E-state index contributed by atoms with van der Waals surface area (Å²) < 4.78 is 42.8. The van der Waals surface area contributed by atoms with Gasteiger partial charge < -0.3 is 20.3 Å². The highest BCUT2D eigenvalue weighted by molar-refractivity contribution is 7.53. The molecule has 14 heteroatoms. The molecule has 29 heavy (non-hydrogen) atoms. The quantitative estimate of drug-likeness (QED) is 0.529. The van der Waals surface area contributed by atoms with Crippen LogP contribution in [-0.4, -0.2) is 53.0 Å². The van der Waals surface area contributed by atoms with Crippen LogP contribution in [-0.2, 0) is 22.9 Å². The summed E-state index contributed by atoms with van der Waals surface area (Å²) in [5.41, 5.74) is 5.18. The number of ether oxygens (including phenoxy) is 1. The van der Waals surface area contributed by atoms with E-state index in [1.54, 1.807) is 4.57 Å². The van der Waals surface area contributed by atoms with E-state index in [1.807, 2.05) is 0 Å². The number of nitrogens with zero attached hydrogens (tertiary/aromatic N) is 4. The average Bonchev–Trinajstić information content (AvgIpc) is 3.19. The molecule has 0 spiro atoms. The standard InChI is InChI=1S/C15H25N5O7P2/c1-8(2)28(21,22)26-10-5-11(25-15(10)27-29(23,24)9(3)4)20-7-19-12-13(16)17-6-18-14(12)20/h6-11,15H,5H2,1-4H3,(H,21,22)(H,23,24)(H2,16,17,18)/t10-,11+,15+/m0/s1. The molecular formula is C15H25N5O7P2. The van der Waals surface area contributed by atoms with Crippen molar-refractivity contribution in [2.75, 3.05) is 5.73 Å². The molecule has 3 rings (SSSR count). The molecule has 0 aromatic carbocycles. The second-order valence-electron chi connectivity index (χ2n) is 7.34. The Morgan fingerprint density at radius 3 is 2.38 bits per heavy atom. The highest BCUT2D eigenvalue weighted by atomic mass is 31.2. The first kappa shape index (κ1) is 22.3. The fourth-order valence-electron chi connectivity index (χ4n) is 2.64. The lowest BCUT2D eigenvalue weighted by Crippen LogP contribution is -2.27. The molecule has 1 aliphatic rings. The molecule has 0 bridgehead atoms. The fourth-order valence-corrected chi connectivity index (χ4v) is 4.18. The number of imidazole rings is 1. The van der Waals surface area contributed by atoms with Gasteiger partial charge in [0.25, 0.3) is 0 Å². The maximum Gasteiger partial charge on any atom is 0.333 e. The number of nitrogen functional groups attached to an aromatic ring is 1. The molecule has 1 aliphatic heterocycles. The third kappa shape index (κ3) is 4.54. The van der Waals surface area contributed by atoms with E-state index in [-0.39, 0.29) is 12.2 Å². The third-order valence-electron chi connectivity index (χ3n) is 4.57. The van der Waals surface area contributed by atoms with Crippen molar-refractivity contribution in [1.29, 1.82) is 0 Å². The molecule has 4 N–H and O–H groups in total. The third-order valence-corrected chi connectivity index (χ3v) is 8.27. The van der Waals surface area contributed by atoms with Gasteiger partial charge in [0.05, 0.1) is 17.6 Å². The highest BCUT2D eigenvalue weighted by Crippen LogP contribution is 2.55. The van der Waals surface area contributed by atoms with E-state index in [9.17, 15) is 18.9 Å². The van der Waals surface area contributed by atoms with E-state index in [1.165, 1.54) is 40.3 Å². The normalized spacial score (nSPS) is 26.8. The number of nitrogens with two attached hydrogens (primary N) is 1. The summed E-state index contributed by atoms with van der Waals surface area (Å²) >= 11 is 0. The number of hydrogen-bond acceptors (Lipinski definition) is 9. The lowest BCUT2D eigenvalue weighted by atomic mass is 10.2. The van der Waals surface area contributed by atoms with Gasteiger partial charge in [0.15, 0.2) is 17.8 Å². The van der Waals surface area contributed by atoms with Crippen LogP contribution in [0, 0.1) is 0 Å². The Kier molecular flexibility index (Phi) is 6.18. The van der Waals surface area contributed by atoms with Crippen molar-refractivity contribution in [3.8, 4) is 0 Å². The number of fused-ring (bicyclic) bond motifs is 1. The SMILES string of the molecule is CC(C)P(=O)(O)O[C@H]1O[C@@H](n2cnc3c(N)ncnc32)C[C@@H]1OP(=O)(O)C(C)C. The van der Waals surface area contributed by atoms with Crippen LogP contribution in [0.4, 0.5) is 5.82 Å². The van der Waals surface area contributed by atoms with Gasteiger partial charge in [-0.2, -0.15) is 0 Å². The van der Waals surface area contributed by atoms with Crippen molar-refractivity contribution in [2.45, 2.75) is 64.1 Å². The maximum atomic E-state index is 12.4. The summed E-state index contributed by atoms with van der Waals surface area (Å²) in [6.07, 6.45) is -0.405. The topological polar surface area (TPSA) is 172 Å². The first-order valence-corrected chi connectivity index (χ1v) is 12.3. The van der Waals surface area contributed by atoms with Crippen molar-refractivity contribution in [2.24, 2.45) is 0 Å². The van der Waals surface area contributed by atoms with E-state index in [0.717, 1.165) is 0 Å². The molecule has 0 radical (unpaired) electrons. The number of hydrogen-bond donors (Lipinski definition) is 3. The molecule has 0 amide bonds. The maximum absolute atomic E-state index is 12.4. The van der Waals surface area contributed by atoms with Crippen LogP contribution in [0.2, 0.25) is 0 Å². The average molecular weight is 449 g/mol. The number of rotatable bonds is 7. The zero-order chi connectivity index (χ0) is 21.6. The Morgan fingerprint density at radius 1 is 1.14 bits per heavy atom. The van der Waals surface area contributed by atoms with E-state index in [2.05, 4.69) is 15.0 Å². The van der Waals surface area contributed by atoms with Gasteiger partial charge in [0.2, 0.25) is 0 Å². The minimum atomic E-state index is -4.05. The summed E-state index contributed by atoms with van der Waals surface area (Å²) in [5.74, 6) is 0.187. The van der Waals surface area contributed by atoms with Crippen LogP contribution in [0.3, 0.4) is 0 Å². The molecule has 2 aromatic rings. The predicted molar refractivity (Wildman–Crippen MR) is 104 cm³/mol. The largest absolute Gasteiger partial charge is 0.382 e. The van der Waals surface area contributed by atoms with Gasteiger partial charge in [-0.3, -0.25) is 22.7 Å². The van der Waals surface area contributed by atoms with Crippen molar-refractivity contribution in [1.82, 2.24) is 19.5 Å². The Morgan fingerprint density at radius 2 is 1.76 bits per heavy atom. The monoisotopic (exact) mass is 449 g/mol. The molecule has 5 atom stereocenters. The highest BCUT2D eigenvalue weighted by Gasteiger charge is 2.46. The lowest BCUT2D eigenvalue weighted by molar-refractivity contribution is -0.125. The fraction of sp³-hybridized carbons (Fsp3) is 0.667. The molecule has 1 saturated heterocycles. The summed E-state index contributed by atoms with van der Waals surface area (Å²) in [7, 11) is -8.05. The van der Waals surface area contributed by atoms with Crippen molar-refractivity contribution in [3.05, 3.63) is 12.7 Å². The molecule has 2 aromatic heterocycles. The van der Waals surface area contributed by atoms with Gasteiger partial charge >= 0.3 is 15.2 Å². The summed E-state index contributed by atoms with van der Waals surface area (Å²) in [5, 5.41) is 0. The summed E-state index contributed by atoms with van der Waals surface area (Å²) in [6, 6.07) is 0. The summed E-state index contributed by atoms with van der Waals surface area (Å²) in [4.78, 5) is 32.4. The molecule has 0 saturated carbocycles. The summed E-state index contributed by atoms with van der Waals surface area (Å²) in [6.45, 7) is 6.13. The molecule has 162 valence electrons. The molecular weight excluding hydrogens is 424 g/mol. The first-order chi connectivity index (χ1) is 13.4. The van der Waals surface area contributed by atoms with Crippen LogP contribution < -0.4 is 5.73 Å². The Balaban J connectivity index is 1.92. The van der Waals surface area contributed by atoms with E-state index in [4.69, 9.17) is 19.5 Å². The van der Waals surface area contributed by atoms with Gasteiger partial charge in [-0.1, -0.05) is 27.7 Å². The number of anilines is 1. The Labute approximate surface area is 167 Å². The van der Waals surface area contributed by atoms with Crippen LogP contribution in [0.15, 0.2) is 12.7 Å². The van der Waals surface area contributed by atoms with Crippen LogP contribution >= 0.6 is 15.2 Å². The van der Waals surface area contributed by atoms with Gasteiger partial charge in [-0.05, 0) is 0 Å². The van der Waals surface area contributed by atoms with E-state index < -0.39 is 45.1 Å². The second-order valence-corrected chi connectivity index (χ2v) is 12.1. The molecule has 0 aliphatic carbocycles. The van der Waals surface area contributed by atoms with Crippen molar-refractivity contribution < 1.29 is 32.7 Å². The van der Waals surface area contributed by atoms with Crippen molar-refractivity contribution in [3.63, 3.8) is 0 Å². The molecule has 3 heterocycles. The van der Waals surface area contributed by atoms with Crippen LogP contribution in [0.5, 0.6) is 0 Å². The Hall–Kier alpha value is -1.39. The van der Waals surface area contributed by atoms with Gasteiger partial charge in [-0.25, -0.2) is 15.0 Å². The zero-order valence-electron chi connectivity index (χ0n) is 16.4. The second kappa shape index (κ2) is 8.03. The predicted octanol–water partition coefficient (Wildman–Crippen LogP) is 2.24. The van der Waals surface area contributed by atoms with Crippen LogP contribution in [0.1, 0.15) is 40.3 Å². The Bertz CT molecular complexity index is 943. The molecule has 1 fully saturated rings. The van der Waals surface area contributed by atoms with Gasteiger partial charge in [-0.15, -0.1) is 0 Å². The lowest BCUT2D eigenvalue weighted by Gasteiger charge is -2.26. The minimum Gasteiger partial charge on any atom is -0.382 e. The minimum absolute atomic E-state index is 0.0649. The van der Waals surface area contributed by atoms with Crippen molar-refractivity contribution >= 4 is 32.2 Å². The van der Waals surface area contributed by atoms with E-state index in [0.29, 0.717) is 11.2 Å². The number of aromatic nitrogens is 4. The van der Waals surface area contributed by atoms with Gasteiger partial charge in [0.1, 0.15) is 24.2 Å². The van der Waals surface area contributed by atoms with Crippen LogP contribution in [0.25, 0.3) is 11.2 Å². The first-order valence-electron chi connectivity index (χ1n) is 9.02. The van der Waals surface area contributed by atoms with Gasteiger partial charge in [0, 0.05) is 6.42 Å². The molecule has 2 unspecified atom stereocenters. The van der Waals surface area contributed by atoms with E-state index >= 15 is 0 Å². The zero-order valence-corrected chi connectivity index (χ0v) is 18.2.